The Morgan fingerprint density at radius 3 is 1.22 bits per heavy atom. The Labute approximate surface area is 228 Å². The van der Waals surface area contributed by atoms with Crippen LogP contribution in [0.1, 0.15) is 195 Å². The highest BCUT2D eigenvalue weighted by Crippen LogP contribution is 2.20. The zero-order valence-electron chi connectivity index (χ0n) is 25.6. The van der Waals surface area contributed by atoms with Crippen molar-refractivity contribution in [2.45, 2.75) is 195 Å². The van der Waals surface area contributed by atoms with E-state index in [-0.39, 0.29) is 11.9 Å². The number of ether oxygens (including phenoxy) is 1. The number of carbonyl (C=O) groups is 1. The van der Waals surface area contributed by atoms with E-state index in [9.17, 15) is 4.79 Å². The van der Waals surface area contributed by atoms with Crippen molar-refractivity contribution >= 4 is 5.97 Å². The number of carbonyl (C=O) groups excluding carboxylic acids is 1. The molecule has 0 heterocycles. The third-order valence-electron chi connectivity index (χ3n) is 8.02. The Morgan fingerprint density at radius 1 is 0.472 bits per heavy atom. The molecule has 0 rings (SSSR count). The van der Waals surface area contributed by atoms with Crippen molar-refractivity contribution in [1.82, 2.24) is 0 Å². The number of rotatable bonds is 29. The molecule has 0 radical (unpaired) electrons. The average Bonchev–Trinajstić information content (AvgIpc) is 2.88. The third-order valence-corrected chi connectivity index (χ3v) is 8.02. The first-order valence-electron chi connectivity index (χ1n) is 16.8. The smallest absolute Gasteiger partial charge is 0.308 e. The maximum absolute atomic E-state index is 12.5. The van der Waals surface area contributed by atoms with Crippen LogP contribution >= 0.6 is 0 Å². The molecule has 0 saturated carbocycles. The van der Waals surface area contributed by atoms with Gasteiger partial charge in [-0.05, 0) is 25.2 Å². The van der Waals surface area contributed by atoms with Gasteiger partial charge >= 0.3 is 5.97 Å². The topological polar surface area (TPSA) is 26.3 Å². The van der Waals surface area contributed by atoms with Gasteiger partial charge in [0.05, 0.1) is 12.5 Å². The highest BCUT2D eigenvalue weighted by molar-refractivity contribution is 5.71. The van der Waals surface area contributed by atoms with Crippen LogP contribution in [0.3, 0.4) is 0 Å². The van der Waals surface area contributed by atoms with Crippen LogP contribution in [0, 0.1) is 11.8 Å². The predicted molar refractivity (Wildman–Crippen MR) is 161 cm³/mol. The van der Waals surface area contributed by atoms with Gasteiger partial charge in [0.15, 0.2) is 0 Å². The van der Waals surface area contributed by atoms with Gasteiger partial charge in [-0.1, -0.05) is 175 Å². The lowest BCUT2D eigenvalue weighted by Gasteiger charge is -2.18. The Bertz CT molecular complexity index is 433. The SMILES string of the molecule is CCCCCCCCCCCCCCCCC(C)C(=O)OCC(CCC)CCCCCCCCCC. The second-order valence-electron chi connectivity index (χ2n) is 11.8. The fraction of sp³-hybridized carbons (Fsp3) is 0.971. The normalized spacial score (nSPS) is 13.1. The maximum Gasteiger partial charge on any atom is 0.308 e. The minimum absolute atomic E-state index is 0.0433. The minimum Gasteiger partial charge on any atom is -0.465 e. The summed E-state index contributed by atoms with van der Waals surface area (Å²) in [6, 6.07) is 0. The van der Waals surface area contributed by atoms with Gasteiger partial charge in [0.1, 0.15) is 0 Å². The summed E-state index contributed by atoms with van der Waals surface area (Å²) in [5.74, 6) is 0.668. The summed E-state index contributed by atoms with van der Waals surface area (Å²) in [6.45, 7) is 9.53. The zero-order valence-corrected chi connectivity index (χ0v) is 25.6. The van der Waals surface area contributed by atoms with Crippen LogP contribution < -0.4 is 0 Å². The van der Waals surface area contributed by atoms with E-state index < -0.39 is 0 Å². The molecule has 0 aromatic heterocycles. The molecule has 2 nitrogen and oxygen atoms in total. The molecule has 0 aliphatic carbocycles. The van der Waals surface area contributed by atoms with E-state index in [2.05, 4.69) is 27.7 Å². The Morgan fingerprint density at radius 2 is 0.833 bits per heavy atom. The maximum atomic E-state index is 12.5. The van der Waals surface area contributed by atoms with Crippen LogP contribution in [-0.4, -0.2) is 12.6 Å². The molecule has 36 heavy (non-hydrogen) atoms. The first-order valence-corrected chi connectivity index (χ1v) is 16.8. The molecule has 0 saturated heterocycles. The lowest BCUT2D eigenvalue weighted by Crippen LogP contribution is -2.19. The number of esters is 1. The zero-order chi connectivity index (χ0) is 26.5. The Balaban J connectivity index is 3.63. The van der Waals surface area contributed by atoms with Crippen molar-refractivity contribution in [3.8, 4) is 0 Å². The highest BCUT2D eigenvalue weighted by Gasteiger charge is 2.17. The van der Waals surface area contributed by atoms with E-state index in [1.807, 2.05) is 0 Å². The van der Waals surface area contributed by atoms with Crippen molar-refractivity contribution < 1.29 is 9.53 Å². The summed E-state index contributed by atoms with van der Waals surface area (Å²) in [7, 11) is 0. The lowest BCUT2D eigenvalue weighted by atomic mass is 9.96. The van der Waals surface area contributed by atoms with E-state index in [1.165, 1.54) is 161 Å². The van der Waals surface area contributed by atoms with Crippen molar-refractivity contribution in [2.75, 3.05) is 6.61 Å². The number of unbranched alkanes of at least 4 members (excludes halogenated alkanes) is 20. The Kier molecular flexibility index (Phi) is 28.6. The summed E-state index contributed by atoms with van der Waals surface area (Å²) in [5, 5.41) is 0. The molecule has 2 heteroatoms. The highest BCUT2D eigenvalue weighted by atomic mass is 16.5. The standard InChI is InChI=1S/C34H68O2/c1-5-8-10-12-14-16-17-18-19-20-21-22-24-26-29-32(4)34(35)36-31-33(28-7-3)30-27-25-23-15-13-11-9-6-2/h32-33H,5-31H2,1-4H3. The van der Waals surface area contributed by atoms with Crippen LogP contribution in [0.5, 0.6) is 0 Å². The Hall–Kier alpha value is -0.530. The van der Waals surface area contributed by atoms with Crippen LogP contribution in [0.15, 0.2) is 0 Å². The first-order chi connectivity index (χ1) is 17.7. The minimum atomic E-state index is 0.0433. The molecule has 0 aliphatic heterocycles. The van der Waals surface area contributed by atoms with Crippen LogP contribution in [0.2, 0.25) is 0 Å². The van der Waals surface area contributed by atoms with Crippen molar-refractivity contribution in [2.24, 2.45) is 11.8 Å². The molecular formula is C34H68O2. The van der Waals surface area contributed by atoms with E-state index in [1.54, 1.807) is 0 Å². The van der Waals surface area contributed by atoms with Gasteiger partial charge in [0.25, 0.3) is 0 Å². The second kappa shape index (κ2) is 29.0. The molecule has 2 unspecified atom stereocenters. The summed E-state index contributed by atoms with van der Waals surface area (Å²) < 4.78 is 5.77. The molecule has 0 aliphatic rings. The van der Waals surface area contributed by atoms with E-state index in [0.29, 0.717) is 12.5 Å². The fourth-order valence-corrected chi connectivity index (χ4v) is 5.39. The van der Waals surface area contributed by atoms with E-state index in [0.717, 1.165) is 6.42 Å². The number of hydrogen-bond acceptors (Lipinski definition) is 2. The van der Waals surface area contributed by atoms with Crippen LogP contribution in [0.4, 0.5) is 0 Å². The molecule has 0 amide bonds. The number of hydrogen-bond donors (Lipinski definition) is 0. The molecule has 0 aromatic carbocycles. The van der Waals surface area contributed by atoms with Crippen LogP contribution in [-0.2, 0) is 9.53 Å². The van der Waals surface area contributed by atoms with Gasteiger partial charge < -0.3 is 4.74 Å². The van der Waals surface area contributed by atoms with Gasteiger partial charge in [-0.3, -0.25) is 4.79 Å². The summed E-state index contributed by atoms with van der Waals surface area (Å²) in [6.07, 6.45) is 34.9. The molecule has 0 bridgehead atoms. The summed E-state index contributed by atoms with van der Waals surface area (Å²) in [5.41, 5.74) is 0. The molecule has 216 valence electrons. The molecule has 0 N–H and O–H groups in total. The van der Waals surface area contributed by atoms with Crippen molar-refractivity contribution in [3.05, 3.63) is 0 Å². The molecule has 0 spiro atoms. The molecule has 0 fully saturated rings. The predicted octanol–water partition coefficient (Wildman–Crippen LogP) is 12.0. The summed E-state index contributed by atoms with van der Waals surface area (Å²) in [4.78, 5) is 12.5. The monoisotopic (exact) mass is 509 g/mol. The molecule has 0 aromatic rings. The van der Waals surface area contributed by atoms with Gasteiger partial charge in [0.2, 0.25) is 0 Å². The van der Waals surface area contributed by atoms with Crippen molar-refractivity contribution in [1.29, 1.82) is 0 Å². The second-order valence-corrected chi connectivity index (χ2v) is 11.8. The molecular weight excluding hydrogens is 440 g/mol. The van der Waals surface area contributed by atoms with E-state index >= 15 is 0 Å². The first kappa shape index (κ1) is 35.5. The third kappa shape index (κ3) is 25.1. The quantitative estimate of drug-likeness (QED) is 0.0741. The average molecular weight is 509 g/mol. The van der Waals surface area contributed by atoms with Gasteiger partial charge in [-0.25, -0.2) is 0 Å². The fourth-order valence-electron chi connectivity index (χ4n) is 5.39. The van der Waals surface area contributed by atoms with Crippen LogP contribution in [0.25, 0.3) is 0 Å². The molecule has 2 atom stereocenters. The van der Waals surface area contributed by atoms with Gasteiger partial charge in [-0.2, -0.15) is 0 Å². The summed E-state index contributed by atoms with van der Waals surface area (Å²) >= 11 is 0. The van der Waals surface area contributed by atoms with Gasteiger partial charge in [-0.15, -0.1) is 0 Å². The van der Waals surface area contributed by atoms with Crippen molar-refractivity contribution in [3.63, 3.8) is 0 Å². The van der Waals surface area contributed by atoms with E-state index in [4.69, 9.17) is 4.74 Å². The lowest BCUT2D eigenvalue weighted by molar-refractivity contribution is -0.149. The van der Waals surface area contributed by atoms with Gasteiger partial charge in [0, 0.05) is 0 Å². The largest absolute Gasteiger partial charge is 0.465 e.